The van der Waals surface area contributed by atoms with Crippen LogP contribution in [0.2, 0.25) is 0 Å². The zero-order chi connectivity index (χ0) is 11.1. The molecule has 1 saturated heterocycles. The fraction of sp³-hybridized carbons (Fsp3) is 0.833. The van der Waals surface area contributed by atoms with Crippen molar-refractivity contribution in [3.63, 3.8) is 0 Å². The standard InChI is InChI=1S/C12H24N2S/c1-12(2)11-14-8-6-13(7-9-14)5-3-4-10-15/h3-4,12,15H,5-11H2,1-2H3. The first kappa shape index (κ1) is 13.1. The summed E-state index contributed by atoms with van der Waals surface area (Å²) in [5, 5.41) is 0. The Bertz CT molecular complexity index is 184. The summed E-state index contributed by atoms with van der Waals surface area (Å²) >= 11 is 4.16. The fourth-order valence-electron chi connectivity index (χ4n) is 1.97. The molecule has 0 spiro atoms. The molecule has 0 bridgehead atoms. The third-order valence-electron chi connectivity index (χ3n) is 2.72. The van der Waals surface area contributed by atoms with Crippen molar-refractivity contribution in [2.75, 3.05) is 45.0 Å². The van der Waals surface area contributed by atoms with Crippen LogP contribution in [0.25, 0.3) is 0 Å². The molecule has 0 atom stereocenters. The van der Waals surface area contributed by atoms with Crippen LogP contribution in [-0.4, -0.2) is 54.8 Å². The Morgan fingerprint density at radius 2 is 1.67 bits per heavy atom. The summed E-state index contributed by atoms with van der Waals surface area (Å²) in [7, 11) is 0. The molecule has 2 nitrogen and oxygen atoms in total. The molecular formula is C12H24N2S. The average molecular weight is 228 g/mol. The number of hydrogen-bond donors (Lipinski definition) is 1. The Morgan fingerprint density at radius 3 is 2.20 bits per heavy atom. The first-order chi connectivity index (χ1) is 7.22. The predicted octanol–water partition coefficient (Wildman–Crippen LogP) is 1.75. The van der Waals surface area contributed by atoms with Crippen LogP contribution < -0.4 is 0 Å². The largest absolute Gasteiger partial charge is 0.301 e. The van der Waals surface area contributed by atoms with Crippen molar-refractivity contribution in [2.24, 2.45) is 5.92 Å². The molecule has 15 heavy (non-hydrogen) atoms. The molecule has 0 aromatic rings. The highest BCUT2D eigenvalue weighted by molar-refractivity contribution is 7.80. The topological polar surface area (TPSA) is 6.48 Å². The van der Waals surface area contributed by atoms with Gasteiger partial charge in [-0.25, -0.2) is 0 Å². The van der Waals surface area contributed by atoms with Gasteiger partial charge in [0.05, 0.1) is 0 Å². The molecule has 3 heteroatoms. The summed E-state index contributed by atoms with van der Waals surface area (Å²) in [4.78, 5) is 5.08. The summed E-state index contributed by atoms with van der Waals surface area (Å²) < 4.78 is 0. The van der Waals surface area contributed by atoms with E-state index in [4.69, 9.17) is 0 Å². The summed E-state index contributed by atoms with van der Waals surface area (Å²) in [6.07, 6.45) is 4.36. The summed E-state index contributed by atoms with van der Waals surface area (Å²) in [6, 6.07) is 0. The van der Waals surface area contributed by atoms with E-state index < -0.39 is 0 Å². The molecule has 0 aliphatic carbocycles. The molecule has 88 valence electrons. The SMILES string of the molecule is CC(C)CN1CCN(CC=CCS)CC1. The van der Waals surface area contributed by atoms with Crippen LogP contribution in [0.5, 0.6) is 0 Å². The molecule has 1 aliphatic heterocycles. The molecule has 1 fully saturated rings. The van der Waals surface area contributed by atoms with E-state index in [-0.39, 0.29) is 0 Å². The van der Waals surface area contributed by atoms with Crippen molar-refractivity contribution < 1.29 is 0 Å². The van der Waals surface area contributed by atoms with E-state index in [1.54, 1.807) is 0 Å². The quantitative estimate of drug-likeness (QED) is 0.566. The van der Waals surface area contributed by atoms with E-state index in [0.29, 0.717) is 0 Å². The minimum absolute atomic E-state index is 0.792. The van der Waals surface area contributed by atoms with Crippen LogP contribution in [0.15, 0.2) is 12.2 Å². The maximum atomic E-state index is 4.16. The molecule has 0 saturated carbocycles. The molecule has 0 radical (unpaired) electrons. The third-order valence-corrected chi connectivity index (χ3v) is 2.93. The van der Waals surface area contributed by atoms with Gasteiger partial charge in [0.2, 0.25) is 0 Å². The van der Waals surface area contributed by atoms with Crippen molar-refractivity contribution in [3.8, 4) is 0 Å². The maximum absolute atomic E-state index is 4.16. The van der Waals surface area contributed by atoms with Gasteiger partial charge in [-0.3, -0.25) is 4.90 Å². The van der Waals surface area contributed by atoms with E-state index in [1.807, 2.05) is 0 Å². The van der Waals surface area contributed by atoms with Crippen LogP contribution in [0.1, 0.15) is 13.8 Å². The van der Waals surface area contributed by atoms with Crippen LogP contribution in [-0.2, 0) is 0 Å². The number of hydrogen-bond acceptors (Lipinski definition) is 3. The van der Waals surface area contributed by atoms with E-state index in [2.05, 4.69) is 48.4 Å². The first-order valence-corrected chi connectivity index (χ1v) is 6.56. The minimum Gasteiger partial charge on any atom is -0.301 e. The normalized spacial score (nSPS) is 20.5. The lowest BCUT2D eigenvalue weighted by atomic mass is 10.2. The van der Waals surface area contributed by atoms with Gasteiger partial charge in [0, 0.05) is 45.0 Å². The molecule has 0 aromatic carbocycles. The van der Waals surface area contributed by atoms with E-state index in [0.717, 1.165) is 18.2 Å². The van der Waals surface area contributed by atoms with Gasteiger partial charge >= 0.3 is 0 Å². The number of rotatable bonds is 5. The lowest BCUT2D eigenvalue weighted by Crippen LogP contribution is -2.47. The number of piperazine rings is 1. The van der Waals surface area contributed by atoms with Crippen molar-refractivity contribution in [2.45, 2.75) is 13.8 Å². The second kappa shape index (κ2) is 7.31. The highest BCUT2D eigenvalue weighted by Gasteiger charge is 2.15. The predicted molar refractivity (Wildman–Crippen MR) is 70.7 cm³/mol. The Morgan fingerprint density at radius 1 is 1.07 bits per heavy atom. The second-order valence-corrected chi connectivity index (χ2v) is 5.01. The van der Waals surface area contributed by atoms with Crippen LogP contribution in [0.4, 0.5) is 0 Å². The maximum Gasteiger partial charge on any atom is 0.0164 e. The summed E-state index contributed by atoms with van der Waals surface area (Å²) in [5.41, 5.74) is 0. The van der Waals surface area contributed by atoms with Gasteiger partial charge in [-0.15, -0.1) is 0 Å². The minimum atomic E-state index is 0.792. The lowest BCUT2D eigenvalue weighted by molar-refractivity contribution is 0.131. The Kier molecular flexibility index (Phi) is 6.37. The van der Waals surface area contributed by atoms with Gasteiger partial charge in [-0.1, -0.05) is 26.0 Å². The molecule has 1 rings (SSSR count). The molecule has 0 N–H and O–H groups in total. The second-order valence-electron chi connectivity index (χ2n) is 4.65. The summed E-state index contributed by atoms with van der Waals surface area (Å²) in [5.74, 6) is 1.65. The van der Waals surface area contributed by atoms with Crippen molar-refractivity contribution in [1.82, 2.24) is 9.80 Å². The Hall–Kier alpha value is 0.01000. The number of thiol groups is 1. The lowest BCUT2D eigenvalue weighted by Gasteiger charge is -2.34. The van der Waals surface area contributed by atoms with Gasteiger partial charge in [0.15, 0.2) is 0 Å². The zero-order valence-corrected chi connectivity index (χ0v) is 10.9. The highest BCUT2D eigenvalue weighted by atomic mass is 32.1. The Labute approximate surface area is 99.7 Å². The molecule has 0 unspecified atom stereocenters. The van der Waals surface area contributed by atoms with Crippen molar-refractivity contribution in [3.05, 3.63) is 12.2 Å². The monoisotopic (exact) mass is 228 g/mol. The average Bonchev–Trinajstić information content (AvgIpc) is 2.20. The van der Waals surface area contributed by atoms with Gasteiger partial charge in [0.1, 0.15) is 0 Å². The van der Waals surface area contributed by atoms with Gasteiger partial charge < -0.3 is 4.90 Å². The number of nitrogens with zero attached hydrogens (tertiary/aromatic N) is 2. The highest BCUT2D eigenvalue weighted by Crippen LogP contribution is 2.04. The third kappa shape index (κ3) is 5.59. The zero-order valence-electron chi connectivity index (χ0n) is 10.0. The van der Waals surface area contributed by atoms with E-state index >= 15 is 0 Å². The van der Waals surface area contributed by atoms with Crippen LogP contribution in [0, 0.1) is 5.92 Å². The van der Waals surface area contributed by atoms with Crippen LogP contribution in [0.3, 0.4) is 0 Å². The smallest absolute Gasteiger partial charge is 0.0164 e. The van der Waals surface area contributed by atoms with Gasteiger partial charge in [-0.2, -0.15) is 12.6 Å². The van der Waals surface area contributed by atoms with Crippen LogP contribution >= 0.6 is 12.6 Å². The van der Waals surface area contributed by atoms with Crippen molar-refractivity contribution >= 4 is 12.6 Å². The van der Waals surface area contributed by atoms with E-state index in [1.165, 1.54) is 32.7 Å². The van der Waals surface area contributed by atoms with Crippen molar-refractivity contribution in [1.29, 1.82) is 0 Å². The first-order valence-electron chi connectivity index (χ1n) is 5.93. The molecular weight excluding hydrogens is 204 g/mol. The molecule has 1 heterocycles. The van der Waals surface area contributed by atoms with Gasteiger partial charge in [0.25, 0.3) is 0 Å². The molecule has 0 aromatic heterocycles. The van der Waals surface area contributed by atoms with Gasteiger partial charge in [-0.05, 0) is 5.92 Å². The van der Waals surface area contributed by atoms with E-state index in [9.17, 15) is 0 Å². The Balaban J connectivity index is 2.15. The fourth-order valence-corrected chi connectivity index (χ4v) is 2.12. The molecule has 1 aliphatic rings. The summed E-state index contributed by atoms with van der Waals surface area (Å²) in [6.45, 7) is 11.8. The molecule has 0 amide bonds.